The van der Waals surface area contributed by atoms with Crippen molar-refractivity contribution in [3.63, 3.8) is 0 Å². The van der Waals surface area contributed by atoms with Crippen LogP contribution in [0.25, 0.3) is 0 Å². The highest BCUT2D eigenvalue weighted by molar-refractivity contribution is 5.85. The molecule has 1 aliphatic rings. The van der Waals surface area contributed by atoms with E-state index in [9.17, 15) is 4.79 Å². The maximum absolute atomic E-state index is 10.7. The van der Waals surface area contributed by atoms with Gasteiger partial charge in [-0.25, -0.2) is 4.79 Å². The van der Waals surface area contributed by atoms with E-state index in [1.165, 1.54) is 6.26 Å². The maximum Gasteiger partial charge on any atom is 0.357 e. The summed E-state index contributed by atoms with van der Waals surface area (Å²) in [4.78, 5) is 16.6. The number of oxazole rings is 1. The minimum atomic E-state index is -1.08. The Bertz CT molecular complexity index is 391. The van der Waals surface area contributed by atoms with E-state index in [2.05, 4.69) is 4.98 Å². The van der Waals surface area contributed by atoms with Crippen LogP contribution in [-0.4, -0.2) is 40.4 Å². The molecule has 2 rings (SSSR count). The van der Waals surface area contributed by atoms with E-state index in [1.54, 1.807) is 0 Å². The highest BCUT2D eigenvalue weighted by atomic mass is 16.4. The molecule has 0 aliphatic carbocycles. The fourth-order valence-corrected chi connectivity index (χ4v) is 2.21. The Morgan fingerprint density at radius 1 is 1.65 bits per heavy atom. The summed E-state index contributed by atoms with van der Waals surface area (Å²) in [5, 5.41) is 17.6. The molecule has 6 heteroatoms. The number of hydrogen-bond acceptors (Lipinski definition) is 5. The molecule has 2 heterocycles. The summed E-state index contributed by atoms with van der Waals surface area (Å²) in [5.74, 6) is -1.08. The standard InChI is InChI=1S/C11H16N2O4/c14-6-2-4-8-3-1-5-13(8)11-12-9(7-17-11)10(15)16/h7-8,14H,1-6H2,(H,15,16). The Labute approximate surface area is 98.9 Å². The Hall–Kier alpha value is -1.56. The maximum atomic E-state index is 10.7. The Morgan fingerprint density at radius 3 is 3.12 bits per heavy atom. The largest absolute Gasteiger partial charge is 0.476 e. The molecule has 0 bridgehead atoms. The van der Waals surface area contributed by atoms with E-state index in [-0.39, 0.29) is 12.3 Å². The van der Waals surface area contributed by atoms with Crippen LogP contribution in [0.3, 0.4) is 0 Å². The number of hydrogen-bond donors (Lipinski definition) is 2. The van der Waals surface area contributed by atoms with E-state index in [4.69, 9.17) is 14.6 Å². The first-order chi connectivity index (χ1) is 8.22. The predicted molar refractivity (Wildman–Crippen MR) is 60.2 cm³/mol. The summed E-state index contributed by atoms with van der Waals surface area (Å²) in [6, 6.07) is 0.672. The zero-order valence-corrected chi connectivity index (χ0v) is 9.50. The first-order valence-electron chi connectivity index (χ1n) is 5.78. The summed E-state index contributed by atoms with van der Waals surface area (Å²) >= 11 is 0. The van der Waals surface area contributed by atoms with Crippen LogP contribution in [0, 0.1) is 0 Å². The topological polar surface area (TPSA) is 86.8 Å². The summed E-state index contributed by atoms with van der Waals surface area (Å²) in [5.41, 5.74) is -0.0622. The number of aromatic carboxylic acids is 1. The molecule has 17 heavy (non-hydrogen) atoms. The second kappa shape index (κ2) is 5.18. The van der Waals surface area contributed by atoms with Crippen LogP contribution < -0.4 is 4.90 Å². The summed E-state index contributed by atoms with van der Waals surface area (Å²) < 4.78 is 5.19. The summed E-state index contributed by atoms with van der Waals surface area (Å²) in [7, 11) is 0. The van der Waals surface area contributed by atoms with Crippen molar-refractivity contribution >= 4 is 12.0 Å². The number of aliphatic hydroxyl groups is 1. The molecule has 1 saturated heterocycles. The van der Waals surface area contributed by atoms with Gasteiger partial charge in [0.25, 0.3) is 6.01 Å². The zero-order valence-electron chi connectivity index (χ0n) is 9.50. The molecule has 0 aromatic carbocycles. The van der Waals surface area contributed by atoms with Gasteiger partial charge >= 0.3 is 5.97 Å². The van der Waals surface area contributed by atoms with E-state index in [1.807, 2.05) is 4.90 Å². The van der Waals surface area contributed by atoms with E-state index in [0.29, 0.717) is 12.1 Å². The van der Waals surface area contributed by atoms with Crippen LogP contribution >= 0.6 is 0 Å². The third-order valence-electron chi connectivity index (χ3n) is 3.03. The average molecular weight is 240 g/mol. The van der Waals surface area contributed by atoms with Gasteiger partial charge in [0.05, 0.1) is 0 Å². The number of aliphatic hydroxyl groups excluding tert-OH is 1. The number of carboxylic acid groups (broad SMARTS) is 1. The Morgan fingerprint density at radius 2 is 2.47 bits per heavy atom. The van der Waals surface area contributed by atoms with Crippen molar-refractivity contribution in [1.82, 2.24) is 4.98 Å². The van der Waals surface area contributed by atoms with Crippen LogP contribution in [0.1, 0.15) is 36.2 Å². The van der Waals surface area contributed by atoms with Gasteiger partial charge in [-0.15, -0.1) is 0 Å². The molecular formula is C11H16N2O4. The van der Waals surface area contributed by atoms with Crippen molar-refractivity contribution in [1.29, 1.82) is 0 Å². The van der Waals surface area contributed by atoms with Crippen molar-refractivity contribution in [3.05, 3.63) is 12.0 Å². The van der Waals surface area contributed by atoms with Gasteiger partial charge in [-0.3, -0.25) is 0 Å². The molecule has 1 aromatic rings. The highest BCUT2D eigenvalue weighted by Gasteiger charge is 2.28. The quantitative estimate of drug-likeness (QED) is 0.801. The van der Waals surface area contributed by atoms with Crippen molar-refractivity contribution in [2.45, 2.75) is 31.7 Å². The third kappa shape index (κ3) is 2.58. The first kappa shape index (κ1) is 11.9. The normalized spacial score (nSPS) is 19.8. The Balaban J connectivity index is 2.06. The smallest absolute Gasteiger partial charge is 0.357 e. The molecule has 2 N–H and O–H groups in total. The van der Waals surface area contributed by atoms with Gasteiger partial charge < -0.3 is 19.5 Å². The van der Waals surface area contributed by atoms with Gasteiger partial charge in [0.15, 0.2) is 5.69 Å². The van der Waals surface area contributed by atoms with Gasteiger partial charge in [0.2, 0.25) is 0 Å². The molecule has 1 aliphatic heterocycles. The van der Waals surface area contributed by atoms with Crippen LogP contribution in [-0.2, 0) is 0 Å². The predicted octanol–water partition coefficient (Wildman–Crippen LogP) is 1.11. The van der Waals surface area contributed by atoms with Crippen LogP contribution in [0.2, 0.25) is 0 Å². The second-order valence-electron chi connectivity index (χ2n) is 4.18. The molecule has 6 nitrogen and oxygen atoms in total. The van der Waals surface area contributed by atoms with Crippen LogP contribution in [0.4, 0.5) is 6.01 Å². The highest BCUT2D eigenvalue weighted by Crippen LogP contribution is 2.27. The number of carbonyl (C=O) groups is 1. The SMILES string of the molecule is O=C(O)c1coc(N2CCCC2CCCO)n1. The van der Waals surface area contributed by atoms with Crippen LogP contribution in [0.5, 0.6) is 0 Å². The Kier molecular flexibility index (Phi) is 3.63. The van der Waals surface area contributed by atoms with Crippen molar-refractivity contribution in [2.24, 2.45) is 0 Å². The fraction of sp³-hybridized carbons (Fsp3) is 0.636. The van der Waals surface area contributed by atoms with E-state index >= 15 is 0 Å². The lowest BCUT2D eigenvalue weighted by Gasteiger charge is -2.22. The van der Waals surface area contributed by atoms with Gasteiger partial charge in [0, 0.05) is 19.2 Å². The molecule has 1 fully saturated rings. The van der Waals surface area contributed by atoms with E-state index in [0.717, 1.165) is 32.2 Å². The van der Waals surface area contributed by atoms with Crippen molar-refractivity contribution < 1.29 is 19.4 Å². The van der Waals surface area contributed by atoms with Crippen molar-refractivity contribution in [2.75, 3.05) is 18.1 Å². The minimum Gasteiger partial charge on any atom is -0.476 e. The monoisotopic (exact) mass is 240 g/mol. The molecule has 94 valence electrons. The zero-order chi connectivity index (χ0) is 12.3. The fourth-order valence-electron chi connectivity index (χ4n) is 2.21. The summed E-state index contributed by atoms with van der Waals surface area (Å²) in [6.45, 7) is 1.01. The molecule has 1 atom stereocenters. The lowest BCUT2D eigenvalue weighted by Crippen LogP contribution is -2.29. The van der Waals surface area contributed by atoms with Gasteiger partial charge in [-0.2, -0.15) is 4.98 Å². The summed E-state index contributed by atoms with van der Waals surface area (Å²) in [6.07, 6.45) is 4.86. The van der Waals surface area contributed by atoms with E-state index < -0.39 is 5.97 Å². The molecule has 1 unspecified atom stereocenters. The molecule has 0 radical (unpaired) electrons. The number of rotatable bonds is 5. The molecule has 1 aromatic heterocycles. The van der Waals surface area contributed by atoms with Gasteiger partial charge in [-0.05, 0) is 25.7 Å². The lowest BCUT2D eigenvalue weighted by atomic mass is 10.1. The van der Waals surface area contributed by atoms with Crippen LogP contribution in [0.15, 0.2) is 10.7 Å². The average Bonchev–Trinajstić information content (AvgIpc) is 2.94. The lowest BCUT2D eigenvalue weighted by molar-refractivity contribution is 0.0690. The molecule has 0 spiro atoms. The van der Waals surface area contributed by atoms with Gasteiger partial charge in [0.1, 0.15) is 6.26 Å². The number of anilines is 1. The minimum absolute atomic E-state index is 0.0622. The molecular weight excluding hydrogens is 224 g/mol. The van der Waals surface area contributed by atoms with Gasteiger partial charge in [-0.1, -0.05) is 0 Å². The molecule has 0 amide bonds. The molecule has 0 saturated carbocycles. The number of aromatic nitrogens is 1. The van der Waals surface area contributed by atoms with Crippen molar-refractivity contribution in [3.8, 4) is 0 Å². The third-order valence-corrected chi connectivity index (χ3v) is 3.03. The number of carboxylic acids is 1. The number of nitrogens with zero attached hydrogens (tertiary/aromatic N) is 2. The first-order valence-corrected chi connectivity index (χ1v) is 5.78. The second-order valence-corrected chi connectivity index (χ2v) is 4.18.